The SMILES string of the molecule is CC(=O)OCC1O[C@H](OCCCCCN(Cc2ccccc2)C(=O)OCc2ccccc2)C(N=[N+]=[N-])[C@@H](C)[C@@H]1O[C@@H]1OC(CO)[C@@H](O)[C@H](C)C1C. The molecule has 51 heavy (non-hydrogen) atoms. The molecule has 2 saturated heterocycles. The van der Waals surface area contributed by atoms with Crippen molar-refractivity contribution in [2.24, 2.45) is 22.9 Å². The molecule has 10 atom stereocenters. The summed E-state index contributed by atoms with van der Waals surface area (Å²) in [5, 5.41) is 24.3. The van der Waals surface area contributed by atoms with Gasteiger partial charge in [0.1, 0.15) is 25.4 Å². The minimum absolute atomic E-state index is 0.131. The zero-order valence-corrected chi connectivity index (χ0v) is 29.9. The number of hydrogen-bond acceptors (Lipinski definition) is 11. The molecule has 2 aliphatic rings. The Bertz CT molecular complexity index is 1400. The fourth-order valence-electron chi connectivity index (χ4n) is 6.38. The molecule has 2 heterocycles. The highest BCUT2D eigenvalue weighted by atomic mass is 16.7. The molecule has 2 aromatic rings. The van der Waals surface area contributed by atoms with Crippen LogP contribution in [0.2, 0.25) is 0 Å². The zero-order valence-electron chi connectivity index (χ0n) is 29.9. The monoisotopic (exact) mass is 712 g/mol. The van der Waals surface area contributed by atoms with Crippen LogP contribution in [-0.2, 0) is 46.4 Å². The van der Waals surface area contributed by atoms with Crippen LogP contribution in [0.25, 0.3) is 10.4 Å². The minimum Gasteiger partial charge on any atom is -0.463 e. The molecule has 2 fully saturated rings. The van der Waals surface area contributed by atoms with E-state index in [4.69, 9.17) is 28.4 Å². The normalized spacial score (nSPS) is 29.1. The Hall–Kier alpha value is -3.75. The standard InChI is InChI=1S/C37H52N4O10/c1-24-25(2)35(49-30(21-42)33(24)44)51-34-26(3)32(39-40-38)36(50-31(34)23-47-27(4)43)46-19-13-7-12-18-41(20-28-14-8-5-9-15-28)37(45)48-22-29-16-10-6-11-17-29/h5-6,8-11,14-17,24-26,30-36,42,44H,7,12-13,18-23H2,1-4H3/t24-,25?,26-,30?,31?,32?,33+,34+,35+,36+/m1/s1. The molecule has 4 unspecified atom stereocenters. The number of hydrogen-bond donors (Lipinski definition) is 2. The van der Waals surface area contributed by atoms with Crippen LogP contribution in [0.15, 0.2) is 65.8 Å². The number of unbranched alkanes of at least 4 members (excludes halogenated alkanes) is 2. The molecule has 0 aromatic heterocycles. The largest absolute Gasteiger partial charge is 0.463 e. The van der Waals surface area contributed by atoms with Crippen LogP contribution in [0.4, 0.5) is 4.79 Å². The number of ether oxygens (including phenoxy) is 6. The number of azide groups is 1. The van der Waals surface area contributed by atoms with Gasteiger partial charge in [-0.25, -0.2) is 4.79 Å². The molecule has 14 heteroatoms. The van der Waals surface area contributed by atoms with Gasteiger partial charge in [0.15, 0.2) is 12.6 Å². The molecular weight excluding hydrogens is 660 g/mol. The van der Waals surface area contributed by atoms with Gasteiger partial charge in [0, 0.05) is 37.4 Å². The minimum atomic E-state index is -0.936. The van der Waals surface area contributed by atoms with Crippen molar-refractivity contribution in [2.45, 2.75) is 103 Å². The highest BCUT2D eigenvalue weighted by Crippen LogP contribution is 2.37. The molecule has 14 nitrogen and oxygen atoms in total. The van der Waals surface area contributed by atoms with E-state index in [1.165, 1.54) is 6.92 Å². The van der Waals surface area contributed by atoms with Gasteiger partial charge in [-0.15, -0.1) is 0 Å². The van der Waals surface area contributed by atoms with Crippen LogP contribution in [0.5, 0.6) is 0 Å². The topological polar surface area (TPSA) is 182 Å². The third kappa shape index (κ3) is 11.6. The molecule has 0 bridgehead atoms. The van der Waals surface area contributed by atoms with Crippen molar-refractivity contribution in [1.29, 1.82) is 0 Å². The quantitative estimate of drug-likeness (QED) is 0.0713. The van der Waals surface area contributed by atoms with E-state index in [1.54, 1.807) is 4.90 Å². The number of benzene rings is 2. The molecule has 2 N–H and O–H groups in total. The van der Waals surface area contributed by atoms with Gasteiger partial charge in [-0.2, -0.15) is 0 Å². The van der Waals surface area contributed by atoms with Crippen molar-refractivity contribution in [2.75, 3.05) is 26.4 Å². The van der Waals surface area contributed by atoms with Crippen LogP contribution >= 0.6 is 0 Å². The Morgan fingerprint density at radius 2 is 1.55 bits per heavy atom. The number of aliphatic hydroxyl groups is 2. The summed E-state index contributed by atoms with van der Waals surface area (Å²) in [4.78, 5) is 29.6. The maximum Gasteiger partial charge on any atom is 0.410 e. The Morgan fingerprint density at radius 1 is 0.882 bits per heavy atom. The maximum atomic E-state index is 13.1. The summed E-state index contributed by atoms with van der Waals surface area (Å²) < 4.78 is 35.7. The highest BCUT2D eigenvalue weighted by molar-refractivity contribution is 5.67. The molecule has 2 aromatic carbocycles. The Balaban J connectivity index is 1.34. The van der Waals surface area contributed by atoms with E-state index < -0.39 is 54.9 Å². The summed E-state index contributed by atoms with van der Waals surface area (Å²) in [6.45, 7) is 7.75. The highest BCUT2D eigenvalue weighted by Gasteiger charge is 2.49. The van der Waals surface area contributed by atoms with E-state index in [0.717, 1.165) is 17.5 Å². The van der Waals surface area contributed by atoms with Crippen LogP contribution in [0, 0.1) is 17.8 Å². The number of nitrogens with zero attached hydrogens (tertiary/aromatic N) is 4. The lowest BCUT2D eigenvalue weighted by Gasteiger charge is -2.48. The van der Waals surface area contributed by atoms with Gasteiger partial charge in [-0.1, -0.05) is 86.5 Å². The van der Waals surface area contributed by atoms with E-state index in [1.807, 2.05) is 81.4 Å². The molecule has 280 valence electrons. The van der Waals surface area contributed by atoms with Crippen molar-refractivity contribution in [3.05, 3.63) is 82.2 Å². The van der Waals surface area contributed by atoms with Crippen LogP contribution < -0.4 is 0 Å². The summed E-state index contributed by atoms with van der Waals surface area (Å²) in [6.07, 6.45) is -3.26. The lowest BCUT2D eigenvalue weighted by atomic mass is 9.84. The second-order valence-electron chi connectivity index (χ2n) is 13.3. The number of carbonyl (C=O) groups is 2. The Morgan fingerprint density at radius 3 is 2.20 bits per heavy atom. The molecule has 4 rings (SSSR count). The average Bonchev–Trinajstić information content (AvgIpc) is 3.13. The van der Waals surface area contributed by atoms with Crippen LogP contribution in [-0.4, -0.2) is 96.6 Å². The van der Waals surface area contributed by atoms with Gasteiger partial charge in [-0.3, -0.25) is 4.79 Å². The Labute approximate surface area is 299 Å². The molecule has 2 aliphatic heterocycles. The predicted molar refractivity (Wildman–Crippen MR) is 186 cm³/mol. The van der Waals surface area contributed by atoms with E-state index in [0.29, 0.717) is 25.9 Å². The van der Waals surface area contributed by atoms with Gasteiger partial charge in [0.05, 0.1) is 24.9 Å². The first-order valence-corrected chi connectivity index (χ1v) is 17.7. The summed E-state index contributed by atoms with van der Waals surface area (Å²) in [7, 11) is 0. The molecule has 0 saturated carbocycles. The fourth-order valence-corrected chi connectivity index (χ4v) is 6.38. The first-order chi connectivity index (χ1) is 24.6. The van der Waals surface area contributed by atoms with Crippen LogP contribution in [0.1, 0.15) is 58.1 Å². The molecule has 0 spiro atoms. The zero-order chi connectivity index (χ0) is 36.8. The van der Waals surface area contributed by atoms with E-state index >= 15 is 0 Å². The smallest absolute Gasteiger partial charge is 0.410 e. The van der Waals surface area contributed by atoms with Crippen molar-refractivity contribution in [3.63, 3.8) is 0 Å². The summed E-state index contributed by atoms with van der Waals surface area (Å²) >= 11 is 0. The third-order valence-electron chi connectivity index (χ3n) is 9.64. The van der Waals surface area contributed by atoms with Crippen LogP contribution in [0.3, 0.4) is 0 Å². The molecule has 1 amide bonds. The number of carbonyl (C=O) groups excluding carboxylic acids is 2. The lowest BCUT2D eigenvalue weighted by Crippen LogP contribution is -2.59. The average molecular weight is 713 g/mol. The number of rotatable bonds is 17. The lowest BCUT2D eigenvalue weighted by molar-refractivity contribution is -0.325. The third-order valence-corrected chi connectivity index (χ3v) is 9.64. The molecule has 0 radical (unpaired) electrons. The van der Waals surface area contributed by atoms with Crippen molar-refractivity contribution in [3.8, 4) is 0 Å². The fraction of sp³-hybridized carbons (Fsp3) is 0.622. The van der Waals surface area contributed by atoms with E-state index in [-0.39, 0.29) is 44.4 Å². The molecule has 0 aliphatic carbocycles. The first kappa shape index (κ1) is 40.0. The van der Waals surface area contributed by atoms with E-state index in [9.17, 15) is 25.3 Å². The van der Waals surface area contributed by atoms with Gasteiger partial charge in [-0.05, 0) is 47.8 Å². The van der Waals surface area contributed by atoms with Gasteiger partial charge >= 0.3 is 12.1 Å². The summed E-state index contributed by atoms with van der Waals surface area (Å²) in [5.41, 5.74) is 11.4. The van der Waals surface area contributed by atoms with E-state index in [2.05, 4.69) is 10.0 Å². The van der Waals surface area contributed by atoms with Gasteiger partial charge in [0.2, 0.25) is 0 Å². The second-order valence-corrected chi connectivity index (χ2v) is 13.3. The van der Waals surface area contributed by atoms with Crippen molar-refractivity contribution in [1.82, 2.24) is 4.90 Å². The van der Waals surface area contributed by atoms with Gasteiger partial charge in [0.25, 0.3) is 0 Å². The summed E-state index contributed by atoms with van der Waals surface area (Å²) in [6, 6.07) is 18.5. The predicted octanol–water partition coefficient (Wildman–Crippen LogP) is 5.35. The molecular formula is C37H52N4O10. The van der Waals surface area contributed by atoms with Gasteiger partial charge < -0.3 is 43.5 Å². The van der Waals surface area contributed by atoms with Crippen molar-refractivity contribution >= 4 is 12.1 Å². The maximum absolute atomic E-state index is 13.1. The summed E-state index contributed by atoms with van der Waals surface area (Å²) in [5.74, 6) is -1.42. The number of esters is 1. The number of amides is 1. The Kier molecular flexibility index (Phi) is 16.0. The first-order valence-electron chi connectivity index (χ1n) is 17.7. The second kappa shape index (κ2) is 20.3. The number of aliphatic hydroxyl groups excluding tert-OH is 2. The van der Waals surface area contributed by atoms with Crippen molar-refractivity contribution < 1.29 is 48.2 Å².